The summed E-state index contributed by atoms with van der Waals surface area (Å²) in [7, 11) is 0. The molecular formula is C51H42Br2N4. The maximum absolute atomic E-state index is 5.69. The van der Waals surface area contributed by atoms with Crippen molar-refractivity contribution < 1.29 is 0 Å². The zero-order valence-electron chi connectivity index (χ0n) is 31.8. The molecule has 0 unspecified atom stereocenters. The Bertz CT molecular complexity index is 2800. The number of halogens is 2. The maximum Gasteiger partial charge on any atom is 0.0949 e. The highest BCUT2D eigenvalue weighted by Crippen LogP contribution is 2.49. The third kappa shape index (κ3) is 7.40. The molecule has 9 rings (SSSR count). The van der Waals surface area contributed by atoms with Crippen LogP contribution in [0.25, 0.3) is 77.7 Å². The second-order valence-corrected chi connectivity index (χ2v) is 16.3. The average Bonchev–Trinajstić information content (AvgIpc) is 4.04. The van der Waals surface area contributed by atoms with Crippen LogP contribution in [0.2, 0.25) is 0 Å². The fourth-order valence-corrected chi connectivity index (χ4v) is 9.75. The lowest BCUT2D eigenvalue weighted by atomic mass is 9.91. The monoisotopic (exact) mass is 868 g/mol. The molecule has 2 aliphatic heterocycles. The molecule has 8 bridgehead atoms. The quantitative estimate of drug-likeness (QED) is 0.135. The summed E-state index contributed by atoms with van der Waals surface area (Å²) in [6.07, 6.45) is 11.3. The van der Waals surface area contributed by atoms with E-state index < -0.39 is 0 Å². The van der Waals surface area contributed by atoms with Crippen molar-refractivity contribution in [1.82, 2.24) is 19.9 Å². The van der Waals surface area contributed by atoms with Crippen molar-refractivity contribution in [3.05, 3.63) is 178 Å². The molecule has 0 saturated carbocycles. The standard InChI is InChI=1S/C51H42Br2N4/c1-2-3-4-5-10-27-37-30-40-31-38-28-29-39(54-38)32-41-42(33-19-11-6-12-20-33)43(34-21-13-7-14-22-34)49(56-41)45(36-25-17-9-18-26-36)50-44(35-23-15-8-16-24-35)46(52)51(57-50)47(53)48(37)55-40/h6-9,11-26,28-32,55-56H,2-5,10,27H2,1H3. The number of aromatic nitrogens is 4. The van der Waals surface area contributed by atoms with E-state index in [-0.39, 0.29) is 0 Å². The average molecular weight is 871 g/mol. The van der Waals surface area contributed by atoms with Crippen LogP contribution in [-0.2, 0) is 6.42 Å². The van der Waals surface area contributed by atoms with Crippen LogP contribution in [0, 0.1) is 0 Å². The van der Waals surface area contributed by atoms with Crippen molar-refractivity contribution >= 4 is 76.1 Å². The van der Waals surface area contributed by atoms with Gasteiger partial charge in [-0.15, -0.1) is 0 Å². The SMILES string of the molecule is CCCCCCCc1cc2cc3nc(cc4[nH]c(c(-c5ccccc5)c5nc(c(Br)c1[nH]2)C(Br)=C5c1ccccc1)c(-c1ccccc1)c4-c1ccccc1)C=C3. The summed E-state index contributed by atoms with van der Waals surface area (Å²) < 4.78 is 1.86. The minimum Gasteiger partial charge on any atom is -0.354 e. The highest BCUT2D eigenvalue weighted by Gasteiger charge is 2.28. The first-order valence-electron chi connectivity index (χ1n) is 19.9. The molecule has 3 aromatic heterocycles. The molecule has 5 heterocycles. The number of hydrogen-bond donors (Lipinski definition) is 2. The van der Waals surface area contributed by atoms with Crippen molar-refractivity contribution in [2.75, 3.05) is 0 Å². The van der Waals surface area contributed by atoms with E-state index in [4.69, 9.17) is 9.97 Å². The van der Waals surface area contributed by atoms with Crippen molar-refractivity contribution in [1.29, 1.82) is 0 Å². The molecule has 0 radical (unpaired) electrons. The molecule has 0 spiro atoms. The molecule has 57 heavy (non-hydrogen) atoms. The molecule has 2 aliphatic rings. The molecule has 0 aliphatic carbocycles. The largest absolute Gasteiger partial charge is 0.354 e. The van der Waals surface area contributed by atoms with E-state index in [1.807, 2.05) is 0 Å². The predicted molar refractivity (Wildman–Crippen MR) is 248 cm³/mol. The Kier molecular flexibility index (Phi) is 10.7. The molecule has 0 fully saturated rings. The Hall–Kier alpha value is -5.56. The van der Waals surface area contributed by atoms with Gasteiger partial charge in [-0.3, -0.25) is 0 Å². The van der Waals surface area contributed by atoms with E-state index in [1.54, 1.807) is 0 Å². The zero-order valence-corrected chi connectivity index (χ0v) is 35.0. The summed E-state index contributed by atoms with van der Waals surface area (Å²) >= 11 is 8.32. The van der Waals surface area contributed by atoms with E-state index in [1.165, 1.54) is 31.2 Å². The lowest BCUT2D eigenvalue weighted by Gasteiger charge is -2.12. The molecule has 0 amide bonds. The highest BCUT2D eigenvalue weighted by molar-refractivity contribution is 9.15. The molecule has 6 heteroatoms. The van der Waals surface area contributed by atoms with Crippen molar-refractivity contribution in [2.45, 2.75) is 45.4 Å². The van der Waals surface area contributed by atoms with E-state index >= 15 is 0 Å². The summed E-state index contributed by atoms with van der Waals surface area (Å²) in [5.74, 6) is 0. The Morgan fingerprint density at radius 3 is 1.70 bits per heavy atom. The van der Waals surface area contributed by atoms with Crippen LogP contribution in [0.5, 0.6) is 0 Å². The van der Waals surface area contributed by atoms with Gasteiger partial charge in [-0.05, 0) is 103 Å². The van der Waals surface area contributed by atoms with Gasteiger partial charge in [0.05, 0.1) is 42.8 Å². The molecule has 280 valence electrons. The van der Waals surface area contributed by atoms with Crippen LogP contribution in [0.1, 0.15) is 72.9 Å². The Labute approximate surface area is 350 Å². The number of H-pyrrole nitrogens is 2. The molecule has 0 atom stereocenters. The third-order valence-electron chi connectivity index (χ3n) is 10.8. The van der Waals surface area contributed by atoms with E-state index in [2.05, 4.69) is 200 Å². The lowest BCUT2D eigenvalue weighted by Crippen LogP contribution is -1.93. The van der Waals surface area contributed by atoms with Gasteiger partial charge in [0.1, 0.15) is 0 Å². The molecular weight excluding hydrogens is 828 g/mol. The Balaban J connectivity index is 1.48. The molecule has 0 saturated heterocycles. The zero-order chi connectivity index (χ0) is 38.7. The van der Waals surface area contributed by atoms with E-state index in [0.717, 1.165) is 111 Å². The summed E-state index contributed by atoms with van der Waals surface area (Å²) in [6, 6.07) is 49.3. The van der Waals surface area contributed by atoms with Gasteiger partial charge in [0.2, 0.25) is 0 Å². The van der Waals surface area contributed by atoms with Gasteiger partial charge in [-0.2, -0.15) is 0 Å². The fraction of sp³-hybridized carbons (Fsp3) is 0.137. The number of rotatable bonds is 10. The van der Waals surface area contributed by atoms with Crippen molar-refractivity contribution in [2.24, 2.45) is 0 Å². The predicted octanol–water partition coefficient (Wildman–Crippen LogP) is 15.1. The number of aromatic amines is 2. The summed E-state index contributed by atoms with van der Waals surface area (Å²) in [6.45, 7) is 2.27. The van der Waals surface area contributed by atoms with Crippen LogP contribution >= 0.6 is 31.9 Å². The number of aryl methyl sites for hydroxylation is 1. The van der Waals surface area contributed by atoms with Crippen LogP contribution in [0.15, 0.2) is 144 Å². The molecule has 4 aromatic carbocycles. The third-order valence-corrected chi connectivity index (χ3v) is 12.4. The maximum atomic E-state index is 5.69. The molecule has 2 N–H and O–H groups in total. The number of nitrogens with zero attached hydrogens (tertiary/aromatic N) is 2. The smallest absolute Gasteiger partial charge is 0.0949 e. The topological polar surface area (TPSA) is 57.4 Å². The summed E-state index contributed by atoms with van der Waals surface area (Å²) in [5, 5.41) is 0. The number of nitrogens with one attached hydrogen (secondary N) is 2. The number of fused-ring (bicyclic) bond motifs is 8. The van der Waals surface area contributed by atoms with Crippen molar-refractivity contribution in [3.63, 3.8) is 0 Å². The van der Waals surface area contributed by atoms with Gasteiger partial charge in [0, 0.05) is 33.3 Å². The lowest BCUT2D eigenvalue weighted by molar-refractivity contribution is 0.633. The summed E-state index contributed by atoms with van der Waals surface area (Å²) in [4.78, 5) is 18.6. The van der Waals surface area contributed by atoms with Crippen LogP contribution < -0.4 is 0 Å². The second-order valence-electron chi connectivity index (χ2n) is 14.7. The first-order valence-corrected chi connectivity index (χ1v) is 21.5. The van der Waals surface area contributed by atoms with Gasteiger partial charge in [-0.25, -0.2) is 9.97 Å². The summed E-state index contributed by atoms with van der Waals surface area (Å²) in [5.41, 5.74) is 17.5. The first-order chi connectivity index (χ1) is 28.1. The molecule has 7 aromatic rings. The highest BCUT2D eigenvalue weighted by atomic mass is 79.9. The van der Waals surface area contributed by atoms with E-state index in [0.29, 0.717) is 0 Å². The second kappa shape index (κ2) is 16.5. The normalized spacial score (nSPS) is 12.4. The van der Waals surface area contributed by atoms with Crippen LogP contribution in [0.4, 0.5) is 0 Å². The van der Waals surface area contributed by atoms with Gasteiger partial charge in [-0.1, -0.05) is 154 Å². The molecule has 4 nitrogen and oxygen atoms in total. The Morgan fingerprint density at radius 2 is 1.07 bits per heavy atom. The Morgan fingerprint density at radius 1 is 0.509 bits per heavy atom. The van der Waals surface area contributed by atoms with Gasteiger partial charge in [0.15, 0.2) is 0 Å². The number of benzene rings is 4. The fourth-order valence-electron chi connectivity index (χ4n) is 8.14. The number of hydrogen-bond acceptors (Lipinski definition) is 2. The van der Waals surface area contributed by atoms with Gasteiger partial charge in [0.25, 0.3) is 0 Å². The van der Waals surface area contributed by atoms with Crippen LogP contribution in [0.3, 0.4) is 0 Å². The minimum atomic E-state index is 0.849. The van der Waals surface area contributed by atoms with Gasteiger partial charge < -0.3 is 9.97 Å². The van der Waals surface area contributed by atoms with Crippen molar-refractivity contribution in [3.8, 4) is 33.4 Å². The van der Waals surface area contributed by atoms with Gasteiger partial charge >= 0.3 is 0 Å². The number of unbranched alkanes of at least 4 members (excludes halogenated alkanes) is 4. The van der Waals surface area contributed by atoms with E-state index in [9.17, 15) is 0 Å². The minimum absolute atomic E-state index is 0.849. The first kappa shape index (κ1) is 37.0. The van der Waals surface area contributed by atoms with Crippen LogP contribution in [-0.4, -0.2) is 19.9 Å².